The van der Waals surface area contributed by atoms with Crippen LogP contribution in [0.3, 0.4) is 0 Å². The Morgan fingerprint density at radius 1 is 0.867 bits per heavy atom. The zero-order chi connectivity index (χ0) is 20.6. The molecule has 0 atom stereocenters. The number of benzene rings is 1. The van der Waals surface area contributed by atoms with E-state index in [1.54, 1.807) is 0 Å². The van der Waals surface area contributed by atoms with E-state index in [0.29, 0.717) is 0 Å². The van der Waals surface area contributed by atoms with Crippen LogP contribution in [0.15, 0.2) is 48.8 Å². The lowest BCUT2D eigenvalue weighted by Crippen LogP contribution is -2.49. The second-order valence-corrected chi connectivity index (χ2v) is 7.95. The lowest BCUT2D eigenvalue weighted by molar-refractivity contribution is 0.0384. The highest BCUT2D eigenvalue weighted by Gasteiger charge is 2.21. The number of carbonyl (C=O) groups excluding carboxylic acids is 1. The number of aromatic nitrogens is 1. The van der Waals surface area contributed by atoms with Gasteiger partial charge < -0.3 is 15.0 Å². The predicted molar refractivity (Wildman–Crippen MR) is 118 cm³/mol. The van der Waals surface area contributed by atoms with Crippen LogP contribution >= 0.6 is 0 Å². The van der Waals surface area contributed by atoms with Crippen molar-refractivity contribution in [2.75, 3.05) is 64.3 Å². The van der Waals surface area contributed by atoms with E-state index in [2.05, 4.69) is 32.2 Å². The third-order valence-electron chi connectivity index (χ3n) is 5.84. The highest BCUT2D eigenvalue weighted by Crippen LogP contribution is 2.13. The second-order valence-electron chi connectivity index (χ2n) is 7.95. The molecule has 0 spiro atoms. The van der Waals surface area contributed by atoms with Crippen LogP contribution < -0.4 is 5.32 Å². The number of carbonyl (C=O) groups is 1. The minimum absolute atomic E-state index is 0.0142. The molecule has 7 heteroatoms. The number of piperazine rings is 1. The molecule has 3 heterocycles. The zero-order valence-electron chi connectivity index (χ0n) is 17.5. The number of morpholine rings is 1. The molecule has 2 aliphatic heterocycles. The first kappa shape index (κ1) is 20.8. The van der Waals surface area contributed by atoms with Crippen LogP contribution in [-0.2, 0) is 17.7 Å². The fourth-order valence-electron chi connectivity index (χ4n) is 3.92. The molecule has 30 heavy (non-hydrogen) atoms. The Morgan fingerprint density at radius 2 is 1.57 bits per heavy atom. The molecule has 0 saturated carbocycles. The third-order valence-corrected chi connectivity index (χ3v) is 5.84. The Morgan fingerprint density at radius 3 is 2.27 bits per heavy atom. The number of amides is 2. The third kappa shape index (κ3) is 6.01. The topological polar surface area (TPSA) is 60.9 Å². The van der Waals surface area contributed by atoms with Crippen LogP contribution in [0.25, 0.3) is 0 Å². The quantitative estimate of drug-likeness (QED) is 0.793. The van der Waals surface area contributed by atoms with Gasteiger partial charge in [-0.25, -0.2) is 4.79 Å². The van der Waals surface area contributed by atoms with Crippen molar-refractivity contribution in [3.05, 3.63) is 59.9 Å². The molecular formula is C23H31N5O2. The van der Waals surface area contributed by atoms with Crippen LogP contribution in [0.2, 0.25) is 0 Å². The number of hydrogen-bond acceptors (Lipinski definition) is 5. The normalized spacial score (nSPS) is 18.3. The maximum Gasteiger partial charge on any atom is 0.321 e. The smallest absolute Gasteiger partial charge is 0.321 e. The minimum Gasteiger partial charge on any atom is -0.379 e. The number of nitrogens with zero attached hydrogens (tertiary/aromatic N) is 4. The van der Waals surface area contributed by atoms with Gasteiger partial charge in [-0.15, -0.1) is 0 Å². The zero-order valence-corrected chi connectivity index (χ0v) is 17.5. The summed E-state index contributed by atoms with van der Waals surface area (Å²) in [5.74, 6) is 0. The van der Waals surface area contributed by atoms with E-state index < -0.39 is 0 Å². The molecular weight excluding hydrogens is 378 g/mol. The maximum absolute atomic E-state index is 12.6. The molecule has 0 aliphatic carbocycles. The predicted octanol–water partition coefficient (Wildman–Crippen LogP) is 2.31. The van der Waals surface area contributed by atoms with Gasteiger partial charge in [-0.1, -0.05) is 12.1 Å². The SMILES string of the molecule is O=C(Nc1ccc(CCN2CCOCC2)cc1)N1CCN(Cc2ccncc2)CC1. The van der Waals surface area contributed by atoms with Crippen molar-refractivity contribution in [2.45, 2.75) is 13.0 Å². The van der Waals surface area contributed by atoms with Gasteiger partial charge in [0.2, 0.25) is 0 Å². The van der Waals surface area contributed by atoms with E-state index in [1.165, 1.54) is 11.1 Å². The Bertz CT molecular complexity index is 785. The Kier molecular flexibility index (Phi) is 7.29. The maximum atomic E-state index is 12.6. The molecule has 1 aromatic carbocycles. The van der Waals surface area contributed by atoms with Crippen LogP contribution in [0, 0.1) is 0 Å². The van der Waals surface area contributed by atoms with E-state index in [4.69, 9.17) is 4.74 Å². The van der Waals surface area contributed by atoms with Gasteiger partial charge in [-0.3, -0.25) is 14.8 Å². The lowest BCUT2D eigenvalue weighted by atomic mass is 10.1. The van der Waals surface area contributed by atoms with Crippen molar-refractivity contribution in [1.29, 1.82) is 0 Å². The summed E-state index contributed by atoms with van der Waals surface area (Å²) >= 11 is 0. The summed E-state index contributed by atoms with van der Waals surface area (Å²) in [5.41, 5.74) is 3.41. The van der Waals surface area contributed by atoms with Gasteiger partial charge in [0.1, 0.15) is 0 Å². The highest BCUT2D eigenvalue weighted by atomic mass is 16.5. The molecule has 2 aliphatic rings. The summed E-state index contributed by atoms with van der Waals surface area (Å²) < 4.78 is 5.40. The van der Waals surface area contributed by atoms with Gasteiger partial charge in [-0.2, -0.15) is 0 Å². The molecule has 2 amide bonds. The lowest BCUT2D eigenvalue weighted by Gasteiger charge is -2.34. The molecule has 160 valence electrons. The molecule has 0 radical (unpaired) electrons. The summed E-state index contributed by atoms with van der Waals surface area (Å²) in [6, 6.07) is 12.3. The van der Waals surface area contributed by atoms with E-state index in [0.717, 1.165) is 77.7 Å². The molecule has 7 nitrogen and oxygen atoms in total. The van der Waals surface area contributed by atoms with Gasteiger partial charge in [0.25, 0.3) is 0 Å². The van der Waals surface area contributed by atoms with Gasteiger partial charge in [0, 0.05) is 70.4 Å². The molecule has 2 aromatic rings. The van der Waals surface area contributed by atoms with Crippen molar-refractivity contribution in [3.8, 4) is 0 Å². The molecule has 4 rings (SSSR count). The fraction of sp³-hybridized carbons (Fsp3) is 0.478. The Hall–Kier alpha value is -2.48. The molecule has 0 unspecified atom stereocenters. The minimum atomic E-state index is -0.0142. The first-order valence-corrected chi connectivity index (χ1v) is 10.8. The van der Waals surface area contributed by atoms with Crippen LogP contribution in [0.4, 0.5) is 10.5 Å². The summed E-state index contributed by atoms with van der Waals surface area (Å²) in [5, 5.41) is 3.04. The summed E-state index contributed by atoms with van der Waals surface area (Å²) in [6.45, 7) is 8.93. The van der Waals surface area contributed by atoms with E-state index in [9.17, 15) is 4.79 Å². The van der Waals surface area contributed by atoms with Gasteiger partial charge in [0.15, 0.2) is 0 Å². The van der Waals surface area contributed by atoms with E-state index in [1.807, 2.05) is 41.6 Å². The molecule has 1 N–H and O–H groups in total. The summed E-state index contributed by atoms with van der Waals surface area (Å²) in [6.07, 6.45) is 4.67. The number of hydrogen-bond donors (Lipinski definition) is 1. The van der Waals surface area contributed by atoms with Crippen molar-refractivity contribution < 1.29 is 9.53 Å². The number of rotatable bonds is 6. The second kappa shape index (κ2) is 10.5. The van der Waals surface area contributed by atoms with Gasteiger partial charge in [-0.05, 0) is 41.8 Å². The monoisotopic (exact) mass is 409 g/mol. The van der Waals surface area contributed by atoms with E-state index in [-0.39, 0.29) is 6.03 Å². The Balaban J connectivity index is 1.19. The number of urea groups is 1. The molecule has 0 bridgehead atoms. The number of ether oxygens (including phenoxy) is 1. The first-order chi connectivity index (χ1) is 14.8. The summed E-state index contributed by atoms with van der Waals surface area (Å²) in [7, 11) is 0. The van der Waals surface area contributed by atoms with Crippen LogP contribution in [-0.4, -0.2) is 84.7 Å². The van der Waals surface area contributed by atoms with Gasteiger partial charge >= 0.3 is 6.03 Å². The van der Waals surface area contributed by atoms with Crippen LogP contribution in [0.5, 0.6) is 0 Å². The highest BCUT2D eigenvalue weighted by molar-refractivity contribution is 5.89. The van der Waals surface area contributed by atoms with Crippen molar-refractivity contribution in [1.82, 2.24) is 19.7 Å². The first-order valence-electron chi connectivity index (χ1n) is 10.8. The van der Waals surface area contributed by atoms with Crippen LogP contribution in [0.1, 0.15) is 11.1 Å². The Labute approximate surface area is 178 Å². The number of anilines is 1. The van der Waals surface area contributed by atoms with Crippen molar-refractivity contribution in [3.63, 3.8) is 0 Å². The average molecular weight is 410 g/mol. The largest absolute Gasteiger partial charge is 0.379 e. The molecule has 2 fully saturated rings. The summed E-state index contributed by atoms with van der Waals surface area (Å²) in [4.78, 5) is 23.4. The van der Waals surface area contributed by atoms with Crippen molar-refractivity contribution >= 4 is 11.7 Å². The number of pyridine rings is 1. The van der Waals surface area contributed by atoms with E-state index >= 15 is 0 Å². The molecule has 1 aromatic heterocycles. The van der Waals surface area contributed by atoms with Gasteiger partial charge in [0.05, 0.1) is 13.2 Å². The number of nitrogens with one attached hydrogen (secondary N) is 1. The average Bonchev–Trinajstić information content (AvgIpc) is 2.80. The fourth-order valence-corrected chi connectivity index (χ4v) is 3.92. The molecule has 2 saturated heterocycles. The van der Waals surface area contributed by atoms with Crippen molar-refractivity contribution in [2.24, 2.45) is 0 Å². The standard InChI is InChI=1S/C23H31N5O2/c29-23(28-13-11-27(12-14-28)19-21-5-8-24-9-6-21)25-22-3-1-20(2-4-22)7-10-26-15-17-30-18-16-26/h1-6,8-9H,7,10-19H2,(H,25,29).